The van der Waals surface area contributed by atoms with Crippen LogP contribution in [-0.4, -0.2) is 49.7 Å². The zero-order chi connectivity index (χ0) is 20.6. The summed E-state index contributed by atoms with van der Waals surface area (Å²) in [6.07, 6.45) is 0.783. The third-order valence-electron chi connectivity index (χ3n) is 5.26. The zero-order valence-electron chi connectivity index (χ0n) is 17.2. The van der Waals surface area contributed by atoms with Crippen molar-refractivity contribution in [2.45, 2.75) is 38.5 Å². The molecule has 2 aromatic carbocycles. The second-order valence-electron chi connectivity index (χ2n) is 7.66. The first kappa shape index (κ1) is 21.8. The lowest BCUT2D eigenvalue weighted by Crippen LogP contribution is -2.43. The number of hydrogen-bond acceptors (Lipinski definition) is 4. The van der Waals surface area contributed by atoms with E-state index < -0.39 is 0 Å². The van der Waals surface area contributed by atoms with E-state index in [9.17, 15) is 4.79 Å². The molecule has 0 spiro atoms. The molecule has 156 valence electrons. The van der Waals surface area contributed by atoms with Gasteiger partial charge in [0.05, 0.1) is 12.6 Å². The van der Waals surface area contributed by atoms with Gasteiger partial charge in [-0.05, 0) is 36.6 Å². The molecule has 1 aliphatic heterocycles. The van der Waals surface area contributed by atoms with Crippen molar-refractivity contribution in [1.29, 1.82) is 0 Å². The number of likely N-dealkylation sites (tertiary alicyclic amines) is 1. The number of carbonyl (C=O) groups is 1. The Labute approximate surface area is 178 Å². The average Bonchev–Trinajstić information content (AvgIpc) is 3.09. The van der Waals surface area contributed by atoms with Crippen LogP contribution < -0.4 is 10.6 Å². The van der Waals surface area contributed by atoms with E-state index in [4.69, 9.17) is 16.3 Å². The van der Waals surface area contributed by atoms with Crippen molar-refractivity contribution in [3.63, 3.8) is 0 Å². The van der Waals surface area contributed by atoms with Crippen LogP contribution in [0.3, 0.4) is 0 Å². The monoisotopic (exact) mass is 415 g/mol. The van der Waals surface area contributed by atoms with Gasteiger partial charge in [-0.2, -0.15) is 0 Å². The Kier molecular flexibility index (Phi) is 8.07. The van der Waals surface area contributed by atoms with Crippen LogP contribution in [0, 0.1) is 6.92 Å². The summed E-state index contributed by atoms with van der Waals surface area (Å²) in [5, 5.41) is 7.35. The lowest BCUT2D eigenvalue weighted by atomic mass is 10.1. The van der Waals surface area contributed by atoms with Crippen LogP contribution in [0.2, 0.25) is 5.02 Å². The van der Waals surface area contributed by atoms with Gasteiger partial charge in [-0.15, -0.1) is 0 Å². The van der Waals surface area contributed by atoms with Gasteiger partial charge in [0, 0.05) is 44.4 Å². The van der Waals surface area contributed by atoms with E-state index in [1.165, 1.54) is 11.1 Å². The summed E-state index contributed by atoms with van der Waals surface area (Å²) < 4.78 is 5.05. The summed E-state index contributed by atoms with van der Waals surface area (Å²) in [5.41, 5.74) is 3.64. The number of aryl methyl sites for hydroxylation is 1. The lowest BCUT2D eigenvalue weighted by Gasteiger charge is -2.23. The maximum absolute atomic E-state index is 12.8. The number of ether oxygens (including phenoxy) is 1. The molecule has 0 aliphatic carbocycles. The van der Waals surface area contributed by atoms with Gasteiger partial charge < -0.3 is 15.4 Å². The van der Waals surface area contributed by atoms with E-state index >= 15 is 0 Å². The number of benzene rings is 2. The van der Waals surface area contributed by atoms with E-state index in [0.29, 0.717) is 19.7 Å². The Morgan fingerprint density at radius 2 is 2.00 bits per heavy atom. The van der Waals surface area contributed by atoms with Crippen LogP contribution in [0.4, 0.5) is 0 Å². The molecule has 1 heterocycles. The van der Waals surface area contributed by atoms with Gasteiger partial charge in [-0.1, -0.05) is 53.6 Å². The van der Waals surface area contributed by atoms with Crippen LogP contribution in [0.15, 0.2) is 48.5 Å². The minimum Gasteiger partial charge on any atom is -0.383 e. The predicted molar refractivity (Wildman–Crippen MR) is 117 cm³/mol. The first-order chi connectivity index (χ1) is 14.0. The molecule has 0 unspecified atom stereocenters. The Hall–Kier alpha value is -1.92. The number of methoxy groups -OCH3 is 1. The van der Waals surface area contributed by atoms with Crippen molar-refractivity contribution in [3.05, 3.63) is 70.2 Å². The second-order valence-corrected chi connectivity index (χ2v) is 8.10. The first-order valence-corrected chi connectivity index (χ1v) is 10.5. The smallest absolute Gasteiger partial charge is 0.237 e. The van der Waals surface area contributed by atoms with Crippen LogP contribution in [0.5, 0.6) is 0 Å². The lowest BCUT2D eigenvalue weighted by molar-refractivity contribution is -0.125. The molecule has 1 amide bonds. The van der Waals surface area contributed by atoms with Gasteiger partial charge in [0.15, 0.2) is 0 Å². The van der Waals surface area contributed by atoms with Crippen molar-refractivity contribution in [2.24, 2.45) is 0 Å². The maximum Gasteiger partial charge on any atom is 0.237 e. The molecule has 1 aliphatic rings. The minimum atomic E-state index is -0.166. The Morgan fingerprint density at radius 3 is 2.76 bits per heavy atom. The fourth-order valence-electron chi connectivity index (χ4n) is 3.85. The van der Waals surface area contributed by atoms with Crippen LogP contribution in [-0.2, 0) is 22.6 Å². The first-order valence-electron chi connectivity index (χ1n) is 10.1. The standard InChI is InChI=1S/C23H30ClN3O2/c1-17-5-3-6-18(11-17)14-26-21-13-22(23(28)25-9-10-29-2)27(16-21)15-19-7-4-8-20(24)12-19/h3-8,11-12,21-22,26H,9-10,13-16H2,1-2H3,(H,25,28)/t21-,22-/m0/s1. The molecule has 0 bridgehead atoms. The molecule has 2 aromatic rings. The summed E-state index contributed by atoms with van der Waals surface area (Å²) in [5.74, 6) is 0.0592. The number of amides is 1. The summed E-state index contributed by atoms with van der Waals surface area (Å²) in [4.78, 5) is 15.0. The van der Waals surface area contributed by atoms with Crippen molar-refractivity contribution < 1.29 is 9.53 Å². The zero-order valence-corrected chi connectivity index (χ0v) is 17.9. The summed E-state index contributed by atoms with van der Waals surface area (Å²) >= 11 is 6.15. The van der Waals surface area contributed by atoms with E-state index in [-0.39, 0.29) is 18.0 Å². The fourth-order valence-corrected chi connectivity index (χ4v) is 4.06. The van der Waals surface area contributed by atoms with E-state index in [1.807, 2.05) is 18.2 Å². The summed E-state index contributed by atoms with van der Waals surface area (Å²) in [7, 11) is 1.64. The molecular weight excluding hydrogens is 386 g/mol. The molecule has 6 heteroatoms. The highest BCUT2D eigenvalue weighted by Crippen LogP contribution is 2.22. The number of hydrogen-bond donors (Lipinski definition) is 2. The molecule has 0 saturated carbocycles. The van der Waals surface area contributed by atoms with Gasteiger partial charge in [0.2, 0.25) is 5.91 Å². The van der Waals surface area contributed by atoms with Crippen LogP contribution in [0.1, 0.15) is 23.1 Å². The highest BCUT2D eigenvalue weighted by molar-refractivity contribution is 6.30. The van der Waals surface area contributed by atoms with Gasteiger partial charge in [0.1, 0.15) is 0 Å². The highest BCUT2D eigenvalue weighted by atomic mass is 35.5. The third kappa shape index (κ3) is 6.54. The SMILES string of the molecule is COCCNC(=O)[C@@H]1C[C@H](NCc2cccc(C)c2)CN1Cc1cccc(Cl)c1. The van der Waals surface area contributed by atoms with E-state index in [0.717, 1.165) is 30.1 Å². The van der Waals surface area contributed by atoms with Crippen molar-refractivity contribution in [1.82, 2.24) is 15.5 Å². The molecule has 0 aromatic heterocycles. The van der Waals surface area contributed by atoms with Crippen molar-refractivity contribution in [3.8, 4) is 0 Å². The Morgan fingerprint density at radius 1 is 1.21 bits per heavy atom. The second kappa shape index (κ2) is 10.7. The van der Waals surface area contributed by atoms with Gasteiger partial charge in [-0.25, -0.2) is 0 Å². The molecule has 2 N–H and O–H groups in total. The molecule has 3 rings (SSSR count). The number of nitrogens with zero attached hydrogens (tertiary/aromatic N) is 1. The summed E-state index contributed by atoms with van der Waals surface area (Å²) in [6, 6.07) is 16.5. The third-order valence-corrected chi connectivity index (χ3v) is 5.50. The largest absolute Gasteiger partial charge is 0.383 e. The number of halogens is 1. The fraction of sp³-hybridized carbons (Fsp3) is 0.435. The molecule has 5 nitrogen and oxygen atoms in total. The Bertz CT molecular complexity index is 814. The van der Waals surface area contributed by atoms with Gasteiger partial charge in [-0.3, -0.25) is 9.69 Å². The van der Waals surface area contributed by atoms with Crippen molar-refractivity contribution in [2.75, 3.05) is 26.8 Å². The van der Waals surface area contributed by atoms with E-state index in [1.54, 1.807) is 7.11 Å². The van der Waals surface area contributed by atoms with E-state index in [2.05, 4.69) is 52.8 Å². The average molecular weight is 416 g/mol. The number of carbonyl (C=O) groups excluding carboxylic acids is 1. The predicted octanol–water partition coefficient (Wildman–Crippen LogP) is 3.14. The molecule has 2 atom stereocenters. The quantitative estimate of drug-likeness (QED) is 0.618. The molecule has 29 heavy (non-hydrogen) atoms. The van der Waals surface area contributed by atoms with Gasteiger partial charge >= 0.3 is 0 Å². The number of nitrogens with one attached hydrogen (secondary N) is 2. The Balaban J connectivity index is 1.64. The minimum absolute atomic E-state index is 0.0592. The van der Waals surface area contributed by atoms with Crippen LogP contribution in [0.25, 0.3) is 0 Å². The molecule has 1 saturated heterocycles. The van der Waals surface area contributed by atoms with Gasteiger partial charge in [0.25, 0.3) is 0 Å². The maximum atomic E-state index is 12.8. The summed E-state index contributed by atoms with van der Waals surface area (Å²) in [6.45, 7) is 5.47. The molecule has 0 radical (unpaired) electrons. The topological polar surface area (TPSA) is 53.6 Å². The van der Waals surface area contributed by atoms with Crippen LogP contribution >= 0.6 is 11.6 Å². The number of rotatable bonds is 9. The molecule has 1 fully saturated rings. The highest BCUT2D eigenvalue weighted by Gasteiger charge is 2.36. The van der Waals surface area contributed by atoms with Crippen molar-refractivity contribution >= 4 is 17.5 Å². The normalized spacial score (nSPS) is 19.4. The molecular formula is C23H30ClN3O2.